The highest BCUT2D eigenvalue weighted by atomic mass is 32.1. The number of nitrogens with two attached hydrogens (primary N) is 1. The Morgan fingerprint density at radius 2 is 2.56 bits per heavy atom. The second kappa shape index (κ2) is 2.14. The molecule has 1 heterocycles. The number of carbonyl (C=O) groups excluding carboxylic acids is 1. The Morgan fingerprint density at radius 1 is 1.89 bits per heavy atom. The molecule has 48 valence electrons. The first kappa shape index (κ1) is 6.22. The molecule has 0 saturated carbocycles. The Bertz CT molecular complexity index is 231. The molecule has 0 spiro atoms. The molecule has 0 unspecified atom stereocenters. The lowest BCUT2D eigenvalue weighted by Gasteiger charge is -1.79. The van der Waals surface area contributed by atoms with Crippen LogP contribution in [-0.2, 0) is 0 Å². The summed E-state index contributed by atoms with van der Waals surface area (Å²) in [5.41, 5.74) is 5.29. The van der Waals surface area contributed by atoms with E-state index in [4.69, 9.17) is 5.73 Å². The zero-order chi connectivity index (χ0) is 6.85. The molecule has 2 N–H and O–H groups in total. The fourth-order valence-electron chi connectivity index (χ4n) is 0.483. The van der Waals surface area contributed by atoms with Crippen LogP contribution in [0.5, 0.6) is 0 Å². The molecule has 0 saturated heterocycles. The summed E-state index contributed by atoms with van der Waals surface area (Å²) >= 11 is 1.28. The van der Waals surface area contributed by atoms with Crippen LogP contribution in [0, 0.1) is 6.92 Å². The predicted molar refractivity (Wildman–Crippen MR) is 35.4 cm³/mol. The van der Waals surface area contributed by atoms with Crippen molar-refractivity contribution in [1.82, 2.24) is 4.37 Å². The maximum atomic E-state index is 10.4. The van der Waals surface area contributed by atoms with Crippen molar-refractivity contribution < 1.29 is 4.79 Å². The van der Waals surface area contributed by atoms with Crippen LogP contribution < -0.4 is 5.73 Å². The van der Waals surface area contributed by atoms with Gasteiger partial charge in [-0.25, -0.2) is 0 Å². The molecular weight excluding hydrogens is 136 g/mol. The maximum Gasteiger partial charge on any atom is 0.268 e. The number of amides is 1. The summed E-state index contributed by atoms with van der Waals surface area (Å²) in [6.45, 7) is 1.88. The molecule has 0 aromatic carbocycles. The lowest BCUT2D eigenvalue weighted by Crippen LogP contribution is -2.10. The minimum Gasteiger partial charge on any atom is -0.364 e. The Labute approximate surface area is 56.7 Å². The van der Waals surface area contributed by atoms with Crippen molar-refractivity contribution in [1.29, 1.82) is 0 Å². The minimum absolute atomic E-state index is 0.359. The van der Waals surface area contributed by atoms with Gasteiger partial charge in [0, 0.05) is 4.88 Å². The monoisotopic (exact) mass is 142 g/mol. The SMILES string of the molecule is Cc1cc(C(N)=O)ns1. The third-order valence-corrected chi connectivity index (χ3v) is 1.57. The van der Waals surface area contributed by atoms with E-state index in [9.17, 15) is 4.79 Å². The highest BCUT2D eigenvalue weighted by molar-refractivity contribution is 7.05. The third-order valence-electron chi connectivity index (χ3n) is 0.880. The van der Waals surface area contributed by atoms with Gasteiger partial charge in [0.2, 0.25) is 0 Å². The largest absolute Gasteiger partial charge is 0.364 e. The van der Waals surface area contributed by atoms with Gasteiger partial charge in [0.05, 0.1) is 0 Å². The summed E-state index contributed by atoms with van der Waals surface area (Å²) in [5, 5.41) is 0. The predicted octanol–water partition coefficient (Wildman–Crippen LogP) is 0.550. The van der Waals surface area contributed by atoms with Gasteiger partial charge >= 0.3 is 0 Å². The van der Waals surface area contributed by atoms with Crippen molar-refractivity contribution in [3.8, 4) is 0 Å². The number of aromatic nitrogens is 1. The zero-order valence-electron chi connectivity index (χ0n) is 4.92. The van der Waals surface area contributed by atoms with E-state index < -0.39 is 5.91 Å². The summed E-state index contributed by atoms with van der Waals surface area (Å²) in [4.78, 5) is 11.4. The molecule has 9 heavy (non-hydrogen) atoms. The topological polar surface area (TPSA) is 56.0 Å². The summed E-state index contributed by atoms with van der Waals surface area (Å²) in [6.07, 6.45) is 0. The number of rotatable bonds is 1. The molecule has 3 nitrogen and oxygen atoms in total. The van der Waals surface area contributed by atoms with Crippen LogP contribution in [0.3, 0.4) is 0 Å². The molecule has 0 aliphatic rings. The lowest BCUT2D eigenvalue weighted by atomic mass is 10.4. The van der Waals surface area contributed by atoms with E-state index in [2.05, 4.69) is 4.37 Å². The van der Waals surface area contributed by atoms with Crippen molar-refractivity contribution in [3.05, 3.63) is 16.6 Å². The summed E-state index contributed by atoms with van der Waals surface area (Å²) < 4.78 is 3.78. The Morgan fingerprint density at radius 3 is 2.78 bits per heavy atom. The quantitative estimate of drug-likeness (QED) is 0.622. The molecule has 0 fully saturated rings. The average molecular weight is 142 g/mol. The van der Waals surface area contributed by atoms with Gasteiger partial charge in [0.15, 0.2) is 0 Å². The van der Waals surface area contributed by atoms with Crippen LogP contribution in [0.2, 0.25) is 0 Å². The smallest absolute Gasteiger partial charge is 0.268 e. The molecule has 1 aromatic heterocycles. The number of carbonyl (C=O) groups is 1. The molecule has 1 amide bonds. The normalized spacial score (nSPS) is 9.44. The second-order valence-corrected chi connectivity index (χ2v) is 2.70. The van der Waals surface area contributed by atoms with Gasteiger partial charge in [0.1, 0.15) is 5.69 Å². The number of hydrogen-bond donors (Lipinski definition) is 1. The van der Waals surface area contributed by atoms with Crippen LogP contribution in [0.25, 0.3) is 0 Å². The first-order valence-corrected chi connectivity index (χ1v) is 3.20. The molecule has 4 heteroatoms. The highest BCUT2D eigenvalue weighted by Gasteiger charge is 2.02. The van der Waals surface area contributed by atoms with Crippen molar-refractivity contribution in [2.45, 2.75) is 6.92 Å². The van der Waals surface area contributed by atoms with E-state index in [1.165, 1.54) is 11.5 Å². The summed E-state index contributed by atoms with van der Waals surface area (Å²) in [7, 11) is 0. The van der Waals surface area contributed by atoms with E-state index in [0.717, 1.165) is 4.88 Å². The first-order valence-electron chi connectivity index (χ1n) is 2.43. The zero-order valence-corrected chi connectivity index (χ0v) is 5.73. The standard InChI is InChI=1S/C5H6N2OS/c1-3-2-4(5(6)8)7-9-3/h2H,1H3,(H2,6,8). The fraction of sp³-hybridized carbons (Fsp3) is 0.200. The Hall–Kier alpha value is -0.900. The van der Waals surface area contributed by atoms with Gasteiger partial charge in [-0.3, -0.25) is 4.79 Å². The van der Waals surface area contributed by atoms with Gasteiger partial charge in [-0.1, -0.05) is 0 Å². The average Bonchev–Trinajstić information content (AvgIpc) is 2.14. The number of nitrogens with zero attached hydrogens (tertiary/aromatic N) is 1. The minimum atomic E-state index is -0.459. The molecule has 0 radical (unpaired) electrons. The van der Waals surface area contributed by atoms with E-state index in [0.29, 0.717) is 5.69 Å². The van der Waals surface area contributed by atoms with Crippen molar-refractivity contribution >= 4 is 17.4 Å². The van der Waals surface area contributed by atoms with E-state index in [-0.39, 0.29) is 0 Å². The Balaban J connectivity index is 2.98. The summed E-state index contributed by atoms with van der Waals surface area (Å²) in [5.74, 6) is -0.459. The number of aryl methyl sites for hydroxylation is 1. The van der Waals surface area contributed by atoms with E-state index in [1.807, 2.05) is 6.92 Å². The molecule has 0 atom stereocenters. The Kier molecular flexibility index (Phi) is 1.48. The van der Waals surface area contributed by atoms with Crippen LogP contribution in [-0.4, -0.2) is 10.3 Å². The van der Waals surface area contributed by atoms with Gasteiger partial charge in [0.25, 0.3) is 5.91 Å². The number of primary amides is 1. The van der Waals surface area contributed by atoms with E-state index >= 15 is 0 Å². The van der Waals surface area contributed by atoms with Crippen molar-refractivity contribution in [3.63, 3.8) is 0 Å². The fourth-order valence-corrected chi connectivity index (χ4v) is 1.03. The molecule has 1 aromatic rings. The molecule has 1 rings (SSSR count). The van der Waals surface area contributed by atoms with Gasteiger partial charge in [-0.05, 0) is 24.5 Å². The van der Waals surface area contributed by atoms with Crippen molar-refractivity contribution in [2.75, 3.05) is 0 Å². The van der Waals surface area contributed by atoms with Crippen LogP contribution in [0.1, 0.15) is 15.4 Å². The third kappa shape index (κ3) is 1.26. The van der Waals surface area contributed by atoms with Gasteiger partial charge < -0.3 is 5.73 Å². The van der Waals surface area contributed by atoms with Crippen LogP contribution >= 0.6 is 11.5 Å². The number of hydrogen-bond acceptors (Lipinski definition) is 3. The first-order chi connectivity index (χ1) is 4.20. The van der Waals surface area contributed by atoms with E-state index in [1.54, 1.807) is 6.07 Å². The molecule has 0 aliphatic carbocycles. The summed E-state index contributed by atoms with van der Waals surface area (Å²) in [6, 6.07) is 1.67. The van der Waals surface area contributed by atoms with Gasteiger partial charge in [-0.2, -0.15) is 4.37 Å². The molecular formula is C5H6N2OS. The molecule has 0 bridgehead atoms. The second-order valence-electron chi connectivity index (χ2n) is 1.69. The van der Waals surface area contributed by atoms with Gasteiger partial charge in [-0.15, -0.1) is 0 Å². The van der Waals surface area contributed by atoms with Crippen molar-refractivity contribution in [2.24, 2.45) is 5.73 Å². The van der Waals surface area contributed by atoms with Crippen LogP contribution in [0.15, 0.2) is 6.07 Å². The highest BCUT2D eigenvalue weighted by Crippen LogP contribution is 2.06. The maximum absolute atomic E-state index is 10.4. The van der Waals surface area contributed by atoms with Crippen LogP contribution in [0.4, 0.5) is 0 Å². The lowest BCUT2D eigenvalue weighted by molar-refractivity contribution is 0.0996. The molecule has 0 aliphatic heterocycles.